The molecule has 0 amide bonds. The smallest absolute Gasteiger partial charge is 0.238 e. The van der Waals surface area contributed by atoms with Gasteiger partial charge < -0.3 is 19.2 Å². The van der Waals surface area contributed by atoms with E-state index in [1.165, 1.54) is 12.1 Å². The molecule has 8 heteroatoms. The SMILES string of the molecule is Cc1ccc(-c2nc(S(=O)(=O)c3ccc4c(c3)OCCO4)c(Nc3ccccc3C)o2)cc1. The fourth-order valence-electron chi connectivity index (χ4n) is 3.52. The number of benzene rings is 3. The molecule has 0 saturated heterocycles. The lowest BCUT2D eigenvalue weighted by Crippen LogP contribution is -2.16. The predicted octanol–water partition coefficient (Wildman–Crippen LogP) is 5.31. The number of sulfone groups is 1. The van der Waals surface area contributed by atoms with Crippen LogP contribution in [-0.4, -0.2) is 26.6 Å². The summed E-state index contributed by atoms with van der Waals surface area (Å²) in [7, 11) is -4.03. The summed E-state index contributed by atoms with van der Waals surface area (Å²) in [5.41, 5.74) is 3.42. The number of para-hydroxylation sites is 1. The molecule has 1 aliphatic heterocycles. The second kappa shape index (κ2) is 8.29. The van der Waals surface area contributed by atoms with Crippen molar-refractivity contribution >= 4 is 21.4 Å². The van der Waals surface area contributed by atoms with Crippen LogP contribution in [0.2, 0.25) is 0 Å². The molecule has 168 valence electrons. The number of nitrogens with zero attached hydrogens (tertiary/aromatic N) is 1. The number of oxazole rings is 1. The molecule has 5 rings (SSSR count). The molecule has 1 N–H and O–H groups in total. The van der Waals surface area contributed by atoms with Gasteiger partial charge in [0.2, 0.25) is 26.6 Å². The maximum absolute atomic E-state index is 13.7. The molecule has 0 unspecified atom stereocenters. The molecule has 0 atom stereocenters. The van der Waals surface area contributed by atoms with Crippen LogP contribution < -0.4 is 14.8 Å². The Morgan fingerprint density at radius 3 is 2.36 bits per heavy atom. The largest absolute Gasteiger partial charge is 0.486 e. The monoisotopic (exact) mass is 462 g/mol. The van der Waals surface area contributed by atoms with Crippen LogP contribution in [0.1, 0.15) is 11.1 Å². The lowest BCUT2D eigenvalue weighted by molar-refractivity contribution is 0.171. The second-order valence-electron chi connectivity index (χ2n) is 7.77. The van der Waals surface area contributed by atoms with Crippen molar-refractivity contribution < 1.29 is 22.3 Å². The number of fused-ring (bicyclic) bond motifs is 1. The van der Waals surface area contributed by atoms with Crippen LogP contribution in [0.15, 0.2) is 81.1 Å². The van der Waals surface area contributed by atoms with Crippen molar-refractivity contribution in [2.24, 2.45) is 0 Å². The van der Waals surface area contributed by atoms with Gasteiger partial charge in [0.1, 0.15) is 13.2 Å². The molecule has 1 aromatic heterocycles. The maximum Gasteiger partial charge on any atom is 0.238 e. The predicted molar refractivity (Wildman–Crippen MR) is 124 cm³/mol. The van der Waals surface area contributed by atoms with Gasteiger partial charge in [0.15, 0.2) is 11.5 Å². The third-order valence-corrected chi connectivity index (χ3v) is 7.03. The van der Waals surface area contributed by atoms with Crippen molar-refractivity contribution in [3.05, 3.63) is 77.9 Å². The summed E-state index contributed by atoms with van der Waals surface area (Å²) in [6.07, 6.45) is 0. The van der Waals surface area contributed by atoms with Crippen LogP contribution in [0, 0.1) is 13.8 Å². The summed E-state index contributed by atoms with van der Waals surface area (Å²) in [6.45, 7) is 4.68. The molecular formula is C25H22N2O5S. The number of nitrogens with one attached hydrogen (secondary N) is 1. The normalized spacial score (nSPS) is 13.0. The Kier molecular flexibility index (Phi) is 5.30. The number of hydrogen-bond donors (Lipinski definition) is 1. The van der Waals surface area contributed by atoms with Crippen LogP contribution in [-0.2, 0) is 9.84 Å². The molecule has 0 saturated carbocycles. The van der Waals surface area contributed by atoms with Crippen LogP contribution in [0.5, 0.6) is 11.5 Å². The van der Waals surface area contributed by atoms with Gasteiger partial charge >= 0.3 is 0 Å². The molecule has 0 aliphatic carbocycles. The van der Waals surface area contributed by atoms with Gasteiger partial charge in [-0.25, -0.2) is 8.42 Å². The molecule has 33 heavy (non-hydrogen) atoms. The zero-order chi connectivity index (χ0) is 23.0. The Hall–Kier alpha value is -3.78. The summed E-state index contributed by atoms with van der Waals surface area (Å²) in [6, 6.07) is 19.6. The third-order valence-electron chi connectivity index (χ3n) is 5.37. The topological polar surface area (TPSA) is 90.7 Å². The highest BCUT2D eigenvalue weighted by Gasteiger charge is 2.30. The number of aromatic nitrogens is 1. The zero-order valence-electron chi connectivity index (χ0n) is 18.2. The molecule has 7 nitrogen and oxygen atoms in total. The van der Waals surface area contributed by atoms with E-state index in [2.05, 4.69) is 10.3 Å². The molecule has 2 heterocycles. The quantitative estimate of drug-likeness (QED) is 0.430. The highest BCUT2D eigenvalue weighted by Crippen LogP contribution is 2.38. The van der Waals surface area contributed by atoms with E-state index in [-0.39, 0.29) is 21.7 Å². The fraction of sp³-hybridized carbons (Fsp3) is 0.160. The zero-order valence-corrected chi connectivity index (χ0v) is 19.0. The van der Waals surface area contributed by atoms with Crippen LogP contribution in [0.25, 0.3) is 11.5 Å². The van der Waals surface area contributed by atoms with Gasteiger partial charge in [-0.3, -0.25) is 0 Å². The Balaban J connectivity index is 1.63. The molecule has 0 radical (unpaired) electrons. The van der Waals surface area contributed by atoms with Gasteiger partial charge in [0, 0.05) is 17.3 Å². The Labute approximate surface area is 191 Å². The van der Waals surface area contributed by atoms with Gasteiger partial charge in [0.25, 0.3) is 0 Å². The van der Waals surface area contributed by atoms with Gasteiger partial charge in [-0.1, -0.05) is 35.9 Å². The van der Waals surface area contributed by atoms with Gasteiger partial charge in [0.05, 0.1) is 4.90 Å². The first kappa shape index (κ1) is 21.1. The van der Waals surface area contributed by atoms with Gasteiger partial charge in [-0.15, -0.1) is 0 Å². The van der Waals surface area contributed by atoms with Crippen molar-refractivity contribution in [3.63, 3.8) is 0 Å². The Morgan fingerprint density at radius 1 is 0.879 bits per heavy atom. The van der Waals surface area contributed by atoms with E-state index < -0.39 is 9.84 Å². The first-order valence-electron chi connectivity index (χ1n) is 10.5. The van der Waals surface area contributed by atoms with Crippen molar-refractivity contribution in [2.75, 3.05) is 18.5 Å². The van der Waals surface area contributed by atoms with Crippen LogP contribution in [0.3, 0.4) is 0 Å². The number of rotatable bonds is 5. The highest BCUT2D eigenvalue weighted by molar-refractivity contribution is 7.91. The standard InChI is InChI=1S/C25H22N2O5S/c1-16-7-9-18(10-8-16)23-27-25(24(32-23)26-20-6-4-3-5-17(20)2)33(28,29)19-11-12-21-22(15-19)31-14-13-30-21/h3-12,15,26H,13-14H2,1-2H3. The summed E-state index contributed by atoms with van der Waals surface area (Å²) < 4.78 is 44.4. The lowest BCUT2D eigenvalue weighted by atomic mass is 10.1. The summed E-state index contributed by atoms with van der Waals surface area (Å²) in [4.78, 5) is 4.45. The number of aryl methyl sites for hydroxylation is 2. The molecule has 3 aromatic carbocycles. The van der Waals surface area contributed by atoms with Gasteiger partial charge in [-0.05, 0) is 49.7 Å². The molecule has 0 fully saturated rings. The minimum Gasteiger partial charge on any atom is -0.486 e. The maximum atomic E-state index is 13.7. The van der Waals surface area contributed by atoms with E-state index in [1.807, 2.05) is 62.4 Å². The van der Waals surface area contributed by atoms with Crippen molar-refractivity contribution in [2.45, 2.75) is 23.8 Å². The van der Waals surface area contributed by atoms with Crippen LogP contribution in [0.4, 0.5) is 11.6 Å². The number of ether oxygens (including phenoxy) is 2. The Bertz CT molecular complexity index is 1430. The van der Waals surface area contributed by atoms with E-state index in [1.54, 1.807) is 6.07 Å². The molecular weight excluding hydrogens is 440 g/mol. The minimum absolute atomic E-state index is 0.0448. The van der Waals surface area contributed by atoms with E-state index in [4.69, 9.17) is 13.9 Å². The van der Waals surface area contributed by atoms with E-state index in [0.29, 0.717) is 30.3 Å². The highest BCUT2D eigenvalue weighted by atomic mass is 32.2. The average molecular weight is 463 g/mol. The van der Waals surface area contributed by atoms with E-state index in [0.717, 1.165) is 16.8 Å². The van der Waals surface area contributed by atoms with E-state index in [9.17, 15) is 8.42 Å². The number of anilines is 2. The van der Waals surface area contributed by atoms with Crippen LogP contribution >= 0.6 is 0 Å². The van der Waals surface area contributed by atoms with Gasteiger partial charge in [-0.2, -0.15) is 4.98 Å². The number of hydrogen-bond acceptors (Lipinski definition) is 7. The summed E-state index contributed by atoms with van der Waals surface area (Å²) in [5, 5.41) is 2.92. The molecule has 4 aromatic rings. The van der Waals surface area contributed by atoms with Crippen molar-refractivity contribution in [3.8, 4) is 23.0 Å². The first-order chi connectivity index (χ1) is 15.9. The third kappa shape index (κ3) is 4.05. The first-order valence-corrected chi connectivity index (χ1v) is 12.0. The summed E-state index contributed by atoms with van der Waals surface area (Å²) >= 11 is 0. The Morgan fingerprint density at radius 2 is 1.61 bits per heavy atom. The minimum atomic E-state index is -4.03. The van der Waals surface area contributed by atoms with Crippen molar-refractivity contribution in [1.82, 2.24) is 4.98 Å². The molecule has 1 aliphatic rings. The fourth-order valence-corrected chi connectivity index (χ4v) is 4.80. The van der Waals surface area contributed by atoms with Crippen molar-refractivity contribution in [1.29, 1.82) is 0 Å². The lowest BCUT2D eigenvalue weighted by Gasteiger charge is -2.18. The second-order valence-corrected chi connectivity index (χ2v) is 9.63. The summed E-state index contributed by atoms with van der Waals surface area (Å²) in [5.74, 6) is 1.16. The molecule has 0 bridgehead atoms. The van der Waals surface area contributed by atoms with E-state index >= 15 is 0 Å². The molecule has 0 spiro atoms. The average Bonchev–Trinajstić information content (AvgIpc) is 3.25.